The van der Waals surface area contributed by atoms with Gasteiger partial charge in [-0.15, -0.1) is 0 Å². The Hall–Kier alpha value is -1.10. The van der Waals surface area contributed by atoms with Crippen LogP contribution in [0.4, 0.5) is 0 Å². The van der Waals surface area contributed by atoms with Gasteiger partial charge in [-0.1, -0.05) is 18.2 Å². The van der Waals surface area contributed by atoms with Crippen molar-refractivity contribution in [3.05, 3.63) is 30.3 Å². The summed E-state index contributed by atoms with van der Waals surface area (Å²) in [6.45, 7) is 3.28. The second kappa shape index (κ2) is 6.89. The van der Waals surface area contributed by atoms with Crippen LogP contribution in [-0.2, 0) is 0 Å². The van der Waals surface area contributed by atoms with Gasteiger partial charge in [-0.3, -0.25) is 4.90 Å². The number of hydrogen-bond donors (Lipinski definition) is 1. The van der Waals surface area contributed by atoms with E-state index in [2.05, 4.69) is 23.9 Å². The number of hydrogen-bond acceptors (Lipinski definition) is 4. The summed E-state index contributed by atoms with van der Waals surface area (Å²) in [5, 5.41) is 9.80. The molecule has 1 aliphatic heterocycles. The number of likely N-dealkylation sites (N-methyl/N-ethyl adjacent to an activating group) is 1. The molecule has 1 aromatic rings. The normalized spacial score (nSPS) is 24.0. The average molecular weight is 264 g/mol. The number of para-hydroxylation sites is 1. The fraction of sp³-hybridized carbons (Fsp3) is 0.600. The molecule has 0 aliphatic carbocycles. The summed E-state index contributed by atoms with van der Waals surface area (Å²) in [4.78, 5) is 4.50. The van der Waals surface area contributed by atoms with Gasteiger partial charge in [0, 0.05) is 25.7 Å². The Balaban J connectivity index is 1.77. The molecule has 4 heteroatoms. The van der Waals surface area contributed by atoms with E-state index in [1.165, 1.54) is 0 Å². The molecule has 1 N–H and O–H groups in total. The third-order valence-corrected chi connectivity index (χ3v) is 3.47. The monoisotopic (exact) mass is 264 g/mol. The van der Waals surface area contributed by atoms with E-state index in [9.17, 15) is 5.11 Å². The Bertz CT molecular complexity index is 370. The minimum absolute atomic E-state index is 0.193. The number of aliphatic hydroxyl groups is 1. The van der Waals surface area contributed by atoms with Gasteiger partial charge < -0.3 is 14.7 Å². The maximum atomic E-state index is 9.80. The lowest BCUT2D eigenvalue weighted by Crippen LogP contribution is -2.39. The molecule has 0 amide bonds. The molecule has 2 atom stereocenters. The summed E-state index contributed by atoms with van der Waals surface area (Å²) < 4.78 is 5.72. The third-order valence-electron chi connectivity index (χ3n) is 3.47. The van der Waals surface area contributed by atoms with E-state index in [1.807, 2.05) is 30.3 Å². The van der Waals surface area contributed by atoms with Crippen molar-refractivity contribution >= 4 is 0 Å². The zero-order valence-electron chi connectivity index (χ0n) is 11.8. The lowest BCUT2D eigenvalue weighted by molar-refractivity contribution is 0.155. The van der Waals surface area contributed by atoms with Gasteiger partial charge in [0.15, 0.2) is 0 Å². The van der Waals surface area contributed by atoms with Gasteiger partial charge in [-0.25, -0.2) is 0 Å². The van der Waals surface area contributed by atoms with E-state index < -0.39 is 0 Å². The maximum Gasteiger partial charge on any atom is 0.119 e. The molecule has 2 unspecified atom stereocenters. The van der Waals surface area contributed by atoms with E-state index >= 15 is 0 Å². The van der Waals surface area contributed by atoms with Crippen LogP contribution in [-0.4, -0.2) is 67.4 Å². The van der Waals surface area contributed by atoms with Crippen molar-refractivity contribution in [1.82, 2.24) is 9.80 Å². The highest BCUT2D eigenvalue weighted by molar-refractivity contribution is 5.20. The van der Waals surface area contributed by atoms with Gasteiger partial charge >= 0.3 is 0 Å². The van der Waals surface area contributed by atoms with Crippen molar-refractivity contribution in [2.75, 3.05) is 40.3 Å². The standard InChI is InChI=1S/C15H24N2O2/c1-16(2)11-13-10-14(18)12-17(13)8-9-19-15-6-4-3-5-7-15/h3-7,13-14,18H,8-12H2,1-2H3. The van der Waals surface area contributed by atoms with Gasteiger partial charge in [-0.2, -0.15) is 0 Å². The Kier molecular flexibility index (Phi) is 5.19. The zero-order chi connectivity index (χ0) is 13.7. The number of β-amino-alcohol motifs (C(OH)–C–C–N with tert-alkyl or cyclic N) is 1. The molecule has 106 valence electrons. The molecule has 2 rings (SSSR count). The van der Waals surface area contributed by atoms with Crippen LogP contribution in [0.3, 0.4) is 0 Å². The summed E-state index contributed by atoms with van der Waals surface area (Å²) in [5.74, 6) is 0.909. The lowest BCUT2D eigenvalue weighted by Gasteiger charge is -2.26. The molecule has 1 aromatic carbocycles. The molecule has 19 heavy (non-hydrogen) atoms. The second-order valence-electron chi connectivity index (χ2n) is 5.46. The van der Waals surface area contributed by atoms with Gasteiger partial charge in [0.05, 0.1) is 6.10 Å². The van der Waals surface area contributed by atoms with E-state index in [1.54, 1.807) is 0 Å². The summed E-state index contributed by atoms with van der Waals surface area (Å²) in [6.07, 6.45) is 0.672. The Morgan fingerprint density at radius 3 is 2.74 bits per heavy atom. The molecule has 0 radical (unpaired) electrons. The Morgan fingerprint density at radius 1 is 1.32 bits per heavy atom. The molecule has 0 spiro atoms. The van der Waals surface area contributed by atoms with Crippen LogP contribution in [0.5, 0.6) is 5.75 Å². The predicted molar refractivity (Wildman–Crippen MR) is 76.5 cm³/mol. The van der Waals surface area contributed by atoms with E-state index in [0.29, 0.717) is 12.6 Å². The number of aliphatic hydroxyl groups excluding tert-OH is 1. The molecule has 0 aromatic heterocycles. The van der Waals surface area contributed by atoms with E-state index in [-0.39, 0.29) is 6.10 Å². The van der Waals surface area contributed by atoms with E-state index in [0.717, 1.165) is 31.8 Å². The van der Waals surface area contributed by atoms with Crippen LogP contribution < -0.4 is 4.74 Å². The summed E-state index contributed by atoms with van der Waals surface area (Å²) in [5.41, 5.74) is 0. The third kappa shape index (κ3) is 4.49. The molecule has 1 fully saturated rings. The quantitative estimate of drug-likeness (QED) is 0.833. The van der Waals surface area contributed by atoms with Gasteiger partial charge in [-0.05, 0) is 32.6 Å². The number of rotatable bonds is 6. The molecule has 1 aliphatic rings. The lowest BCUT2D eigenvalue weighted by atomic mass is 10.2. The van der Waals surface area contributed by atoms with Crippen molar-refractivity contribution in [2.45, 2.75) is 18.6 Å². The zero-order valence-corrected chi connectivity index (χ0v) is 11.8. The number of benzene rings is 1. The SMILES string of the molecule is CN(C)CC1CC(O)CN1CCOc1ccccc1. The highest BCUT2D eigenvalue weighted by Gasteiger charge is 2.30. The molecule has 1 heterocycles. The predicted octanol–water partition coefficient (Wildman–Crippen LogP) is 1.06. The van der Waals surface area contributed by atoms with Crippen LogP contribution in [0.2, 0.25) is 0 Å². The molecular formula is C15H24N2O2. The first-order valence-electron chi connectivity index (χ1n) is 6.90. The number of likely N-dealkylation sites (tertiary alicyclic amines) is 1. The Labute approximate surface area is 115 Å². The van der Waals surface area contributed by atoms with Crippen molar-refractivity contribution in [3.8, 4) is 5.75 Å². The fourth-order valence-corrected chi connectivity index (χ4v) is 2.64. The van der Waals surface area contributed by atoms with Crippen LogP contribution >= 0.6 is 0 Å². The highest BCUT2D eigenvalue weighted by Crippen LogP contribution is 2.18. The first kappa shape index (κ1) is 14.3. The van der Waals surface area contributed by atoms with Crippen molar-refractivity contribution in [1.29, 1.82) is 0 Å². The smallest absolute Gasteiger partial charge is 0.119 e. The van der Waals surface area contributed by atoms with Crippen LogP contribution in [0, 0.1) is 0 Å². The maximum absolute atomic E-state index is 9.80. The largest absolute Gasteiger partial charge is 0.492 e. The second-order valence-corrected chi connectivity index (χ2v) is 5.46. The van der Waals surface area contributed by atoms with Crippen LogP contribution in [0.15, 0.2) is 30.3 Å². The summed E-state index contributed by atoms with van der Waals surface area (Å²) >= 11 is 0. The Morgan fingerprint density at radius 2 is 2.05 bits per heavy atom. The number of ether oxygens (including phenoxy) is 1. The van der Waals surface area contributed by atoms with Crippen molar-refractivity contribution in [2.24, 2.45) is 0 Å². The van der Waals surface area contributed by atoms with Gasteiger partial charge in [0.1, 0.15) is 12.4 Å². The van der Waals surface area contributed by atoms with Crippen LogP contribution in [0.1, 0.15) is 6.42 Å². The van der Waals surface area contributed by atoms with Crippen molar-refractivity contribution in [3.63, 3.8) is 0 Å². The molecule has 4 nitrogen and oxygen atoms in total. The van der Waals surface area contributed by atoms with Crippen molar-refractivity contribution < 1.29 is 9.84 Å². The molecular weight excluding hydrogens is 240 g/mol. The average Bonchev–Trinajstić information content (AvgIpc) is 2.70. The minimum atomic E-state index is -0.193. The summed E-state index contributed by atoms with van der Waals surface area (Å²) in [6, 6.07) is 10.3. The number of nitrogens with zero attached hydrogens (tertiary/aromatic N) is 2. The van der Waals surface area contributed by atoms with Gasteiger partial charge in [0.2, 0.25) is 0 Å². The first-order chi connectivity index (χ1) is 9.15. The molecule has 0 saturated carbocycles. The topological polar surface area (TPSA) is 35.9 Å². The van der Waals surface area contributed by atoms with Gasteiger partial charge in [0.25, 0.3) is 0 Å². The molecule has 0 bridgehead atoms. The minimum Gasteiger partial charge on any atom is -0.492 e. The highest BCUT2D eigenvalue weighted by atomic mass is 16.5. The fourth-order valence-electron chi connectivity index (χ4n) is 2.64. The van der Waals surface area contributed by atoms with E-state index in [4.69, 9.17) is 4.74 Å². The molecule has 1 saturated heterocycles. The van der Waals surface area contributed by atoms with Crippen LogP contribution in [0.25, 0.3) is 0 Å². The first-order valence-corrected chi connectivity index (χ1v) is 6.90. The summed E-state index contributed by atoms with van der Waals surface area (Å²) in [7, 11) is 4.15.